The van der Waals surface area contributed by atoms with E-state index in [9.17, 15) is 9.59 Å². The lowest BCUT2D eigenvalue weighted by Gasteiger charge is -2.38. The zero-order chi connectivity index (χ0) is 21.5. The van der Waals surface area contributed by atoms with Crippen molar-refractivity contribution in [2.24, 2.45) is 0 Å². The number of ether oxygens (including phenoxy) is 1. The zero-order valence-electron chi connectivity index (χ0n) is 17.8. The molecule has 0 atom stereocenters. The van der Waals surface area contributed by atoms with Gasteiger partial charge in [0.25, 0.3) is 5.91 Å². The molecule has 0 radical (unpaired) electrons. The van der Waals surface area contributed by atoms with E-state index in [1.54, 1.807) is 18.2 Å². The fraction of sp³-hybridized carbons (Fsp3) is 0.417. The van der Waals surface area contributed by atoms with Crippen LogP contribution < -0.4 is 15.4 Å². The van der Waals surface area contributed by atoms with Crippen molar-refractivity contribution in [2.75, 3.05) is 43.4 Å². The van der Waals surface area contributed by atoms with Gasteiger partial charge in [-0.3, -0.25) is 9.69 Å². The number of nitrogens with one attached hydrogen (secondary N) is 2. The van der Waals surface area contributed by atoms with Crippen molar-refractivity contribution in [1.29, 1.82) is 0 Å². The van der Waals surface area contributed by atoms with Crippen LogP contribution in [0.2, 0.25) is 0 Å². The Hall–Kier alpha value is -3.06. The Balaban J connectivity index is 1.23. The van der Waals surface area contributed by atoms with Gasteiger partial charge in [-0.15, -0.1) is 0 Å². The summed E-state index contributed by atoms with van der Waals surface area (Å²) >= 11 is 0. The van der Waals surface area contributed by atoms with Crippen molar-refractivity contribution in [3.8, 4) is 5.75 Å². The maximum absolute atomic E-state index is 12.7. The molecule has 2 aromatic rings. The van der Waals surface area contributed by atoms with Gasteiger partial charge in [0.2, 0.25) is 0 Å². The van der Waals surface area contributed by atoms with Gasteiger partial charge in [0.15, 0.2) is 6.61 Å². The molecule has 0 aromatic heterocycles. The third-order valence-electron chi connectivity index (χ3n) is 5.96. The third-order valence-corrected chi connectivity index (χ3v) is 5.96. The Morgan fingerprint density at radius 2 is 1.58 bits per heavy atom. The minimum atomic E-state index is -0.235. The Labute approximate surface area is 183 Å². The first kappa shape index (κ1) is 21.2. The molecule has 31 heavy (non-hydrogen) atoms. The monoisotopic (exact) mass is 422 g/mol. The Morgan fingerprint density at radius 1 is 0.871 bits per heavy atom. The Kier molecular flexibility index (Phi) is 7.04. The molecule has 2 fully saturated rings. The molecule has 4 rings (SSSR count). The number of hydrogen-bond donors (Lipinski definition) is 2. The van der Waals surface area contributed by atoms with Crippen molar-refractivity contribution < 1.29 is 14.3 Å². The van der Waals surface area contributed by atoms with E-state index in [-0.39, 0.29) is 18.5 Å². The van der Waals surface area contributed by atoms with Crippen molar-refractivity contribution in [3.63, 3.8) is 0 Å². The molecule has 0 spiro atoms. The highest BCUT2D eigenvalue weighted by Crippen LogP contribution is 2.24. The predicted octanol–water partition coefficient (Wildman–Crippen LogP) is 3.80. The fourth-order valence-corrected chi connectivity index (χ4v) is 4.29. The predicted molar refractivity (Wildman–Crippen MR) is 121 cm³/mol. The molecule has 3 amide bonds. The molecule has 7 nitrogen and oxygen atoms in total. The number of carbonyl (C=O) groups is 2. The smallest absolute Gasteiger partial charge is 0.321 e. The van der Waals surface area contributed by atoms with E-state index in [1.165, 1.54) is 25.7 Å². The molecular weight excluding hydrogens is 392 g/mol. The van der Waals surface area contributed by atoms with Crippen LogP contribution in [0.1, 0.15) is 25.7 Å². The highest BCUT2D eigenvalue weighted by Gasteiger charge is 2.27. The van der Waals surface area contributed by atoms with Crippen LogP contribution in [-0.2, 0) is 4.79 Å². The van der Waals surface area contributed by atoms with Crippen LogP contribution in [0.3, 0.4) is 0 Å². The normalized spacial score (nSPS) is 17.4. The van der Waals surface area contributed by atoms with Crippen LogP contribution in [0.4, 0.5) is 16.2 Å². The zero-order valence-corrected chi connectivity index (χ0v) is 17.8. The second kappa shape index (κ2) is 10.3. The SMILES string of the molecule is O=C(COc1cccc(NC(=O)N2CCN(C3CCCC3)CC2)c1)Nc1ccccc1. The Bertz CT molecular complexity index is 875. The molecule has 7 heteroatoms. The lowest BCUT2D eigenvalue weighted by atomic mass is 10.2. The van der Waals surface area contributed by atoms with Crippen molar-refractivity contribution in [3.05, 3.63) is 54.6 Å². The summed E-state index contributed by atoms with van der Waals surface area (Å²) in [6.07, 6.45) is 5.25. The maximum atomic E-state index is 12.7. The van der Waals surface area contributed by atoms with Crippen LogP contribution >= 0.6 is 0 Å². The number of amides is 3. The molecule has 1 saturated heterocycles. The summed E-state index contributed by atoms with van der Waals surface area (Å²) in [6, 6.07) is 17.0. The van der Waals surface area contributed by atoms with E-state index < -0.39 is 0 Å². The number of para-hydroxylation sites is 1. The number of piperazine rings is 1. The van der Waals surface area contributed by atoms with Gasteiger partial charge in [0.1, 0.15) is 5.75 Å². The highest BCUT2D eigenvalue weighted by atomic mass is 16.5. The molecular formula is C24H30N4O3. The highest BCUT2D eigenvalue weighted by molar-refractivity contribution is 5.92. The van der Waals surface area contributed by atoms with E-state index in [2.05, 4.69) is 15.5 Å². The molecule has 1 heterocycles. The minimum absolute atomic E-state index is 0.0926. The molecule has 0 bridgehead atoms. The van der Waals surface area contributed by atoms with Gasteiger partial charge in [-0.25, -0.2) is 4.79 Å². The summed E-state index contributed by atoms with van der Waals surface area (Å²) in [5.41, 5.74) is 1.38. The first-order chi connectivity index (χ1) is 15.2. The van der Waals surface area contributed by atoms with Gasteiger partial charge in [0, 0.05) is 49.7 Å². The van der Waals surface area contributed by atoms with Crippen LogP contribution in [0.15, 0.2) is 54.6 Å². The lowest BCUT2D eigenvalue weighted by molar-refractivity contribution is -0.118. The fourth-order valence-electron chi connectivity index (χ4n) is 4.29. The van der Waals surface area contributed by atoms with Crippen LogP contribution in [0.25, 0.3) is 0 Å². The average molecular weight is 423 g/mol. The average Bonchev–Trinajstić information content (AvgIpc) is 3.34. The molecule has 1 saturated carbocycles. The van der Waals surface area contributed by atoms with Gasteiger partial charge in [-0.1, -0.05) is 37.1 Å². The quantitative estimate of drug-likeness (QED) is 0.743. The van der Waals surface area contributed by atoms with E-state index in [4.69, 9.17) is 4.74 Å². The number of anilines is 2. The second-order valence-corrected chi connectivity index (χ2v) is 8.12. The number of carbonyl (C=O) groups excluding carboxylic acids is 2. The largest absolute Gasteiger partial charge is 0.484 e. The minimum Gasteiger partial charge on any atom is -0.484 e. The number of hydrogen-bond acceptors (Lipinski definition) is 4. The van der Waals surface area contributed by atoms with Gasteiger partial charge in [-0.2, -0.15) is 0 Å². The van der Waals surface area contributed by atoms with Crippen LogP contribution in [0.5, 0.6) is 5.75 Å². The number of urea groups is 1. The first-order valence-corrected chi connectivity index (χ1v) is 11.0. The number of rotatable bonds is 6. The summed E-state index contributed by atoms with van der Waals surface area (Å²) < 4.78 is 5.60. The number of nitrogens with zero attached hydrogens (tertiary/aromatic N) is 2. The number of benzene rings is 2. The van der Waals surface area contributed by atoms with Gasteiger partial charge >= 0.3 is 6.03 Å². The molecule has 2 aliphatic rings. The molecule has 0 unspecified atom stereocenters. The van der Waals surface area contributed by atoms with E-state index in [0.717, 1.165) is 31.9 Å². The van der Waals surface area contributed by atoms with Crippen molar-refractivity contribution >= 4 is 23.3 Å². The maximum Gasteiger partial charge on any atom is 0.321 e. The molecule has 2 aromatic carbocycles. The van der Waals surface area contributed by atoms with Crippen molar-refractivity contribution in [1.82, 2.24) is 9.80 Å². The first-order valence-electron chi connectivity index (χ1n) is 11.0. The molecule has 164 valence electrons. The Morgan fingerprint density at radius 3 is 2.32 bits per heavy atom. The summed E-state index contributed by atoms with van der Waals surface area (Å²) in [7, 11) is 0. The van der Waals surface area contributed by atoms with E-state index in [0.29, 0.717) is 17.5 Å². The van der Waals surface area contributed by atoms with Gasteiger partial charge in [0.05, 0.1) is 0 Å². The molecule has 1 aliphatic heterocycles. The van der Waals surface area contributed by atoms with Gasteiger partial charge in [-0.05, 0) is 37.1 Å². The summed E-state index contributed by atoms with van der Waals surface area (Å²) in [4.78, 5) is 29.1. The van der Waals surface area contributed by atoms with Crippen LogP contribution in [-0.4, -0.2) is 60.6 Å². The standard InChI is InChI=1S/C24H30N4O3/c29-23(25-19-7-2-1-3-8-19)18-31-22-12-6-9-20(17-22)26-24(30)28-15-13-27(14-16-28)21-10-4-5-11-21/h1-3,6-9,12,17,21H,4-5,10-11,13-16,18H2,(H,25,29)(H,26,30). The lowest BCUT2D eigenvalue weighted by Crippen LogP contribution is -2.52. The molecule has 1 aliphatic carbocycles. The van der Waals surface area contributed by atoms with Crippen molar-refractivity contribution in [2.45, 2.75) is 31.7 Å². The third kappa shape index (κ3) is 5.98. The van der Waals surface area contributed by atoms with E-state index >= 15 is 0 Å². The van der Waals surface area contributed by atoms with Gasteiger partial charge < -0.3 is 20.3 Å². The summed E-state index contributed by atoms with van der Waals surface area (Å²) in [5, 5.41) is 5.73. The molecule has 2 N–H and O–H groups in total. The van der Waals surface area contributed by atoms with Crippen LogP contribution in [0, 0.1) is 0 Å². The topological polar surface area (TPSA) is 73.9 Å². The van der Waals surface area contributed by atoms with E-state index in [1.807, 2.05) is 41.3 Å². The summed E-state index contributed by atoms with van der Waals surface area (Å²) in [5.74, 6) is 0.299. The second-order valence-electron chi connectivity index (χ2n) is 8.12. The summed E-state index contributed by atoms with van der Waals surface area (Å²) in [6.45, 7) is 3.28.